The van der Waals surface area contributed by atoms with E-state index in [2.05, 4.69) is 4.98 Å². The molecule has 0 saturated carbocycles. The molecule has 1 rings (SSSR count). The van der Waals surface area contributed by atoms with E-state index < -0.39 is 12.2 Å². The molecule has 0 bridgehead atoms. The van der Waals surface area contributed by atoms with Crippen LogP contribution in [0.5, 0.6) is 5.75 Å². The molecule has 2 atom stereocenters. The highest BCUT2D eigenvalue weighted by atomic mass is 35.5. The first-order valence-electron chi connectivity index (χ1n) is 4.65. The van der Waals surface area contributed by atoms with Gasteiger partial charge in [-0.25, -0.2) is 0 Å². The van der Waals surface area contributed by atoms with Gasteiger partial charge in [0.1, 0.15) is 17.5 Å². The Kier molecular flexibility index (Phi) is 4.32. The van der Waals surface area contributed by atoms with E-state index >= 15 is 0 Å². The summed E-state index contributed by atoms with van der Waals surface area (Å²) in [5.41, 5.74) is 0.757. The maximum Gasteiger partial charge on any atom is 0.139 e. The van der Waals surface area contributed by atoms with Gasteiger partial charge < -0.3 is 15.3 Å². The van der Waals surface area contributed by atoms with Gasteiger partial charge in [0.2, 0.25) is 0 Å². The molecule has 0 aliphatic carbocycles. The highest BCUT2D eigenvalue weighted by molar-refractivity contribution is 6.17. The summed E-state index contributed by atoms with van der Waals surface area (Å²) in [6.07, 6.45) is -1.97. The molecule has 3 N–H and O–H groups in total. The average Bonchev–Trinajstić information content (AvgIpc) is 2.21. The van der Waals surface area contributed by atoms with Crippen molar-refractivity contribution in [3.63, 3.8) is 0 Å². The molecule has 0 aliphatic heterocycles. The van der Waals surface area contributed by atoms with E-state index in [4.69, 9.17) is 11.6 Å². The summed E-state index contributed by atoms with van der Waals surface area (Å²) in [7, 11) is 0. The Balaban J connectivity index is 2.89. The van der Waals surface area contributed by atoms with Gasteiger partial charge in [0.05, 0.1) is 6.10 Å². The van der Waals surface area contributed by atoms with Crippen molar-refractivity contribution in [2.45, 2.75) is 25.6 Å². The fourth-order valence-electron chi connectivity index (χ4n) is 1.24. The van der Waals surface area contributed by atoms with E-state index in [1.807, 2.05) is 0 Å². The summed E-state index contributed by atoms with van der Waals surface area (Å²) in [4.78, 5) is 3.97. The molecule has 15 heavy (non-hydrogen) atoms. The molecule has 2 unspecified atom stereocenters. The lowest BCUT2D eigenvalue weighted by atomic mass is 10.1. The van der Waals surface area contributed by atoms with Gasteiger partial charge in [-0.1, -0.05) is 0 Å². The predicted molar refractivity (Wildman–Crippen MR) is 56.9 cm³/mol. The van der Waals surface area contributed by atoms with Crippen LogP contribution in [-0.2, 0) is 0 Å². The van der Waals surface area contributed by atoms with Crippen molar-refractivity contribution in [3.8, 4) is 5.75 Å². The van der Waals surface area contributed by atoms with Gasteiger partial charge in [-0.3, -0.25) is 4.98 Å². The highest BCUT2D eigenvalue weighted by Gasteiger charge is 2.22. The van der Waals surface area contributed by atoms with E-state index in [1.165, 1.54) is 6.07 Å². The Hall–Kier alpha value is -0.840. The standard InChI is InChI=1S/C10H14ClNO3/c1-6-2-3-7(13)9(12-6)10(15)8(14)4-5-11/h2-3,8,10,13-15H,4-5H2,1H3. The third kappa shape index (κ3) is 3.06. The lowest BCUT2D eigenvalue weighted by Gasteiger charge is -2.17. The number of rotatable bonds is 4. The van der Waals surface area contributed by atoms with Crippen LogP contribution < -0.4 is 0 Å². The first kappa shape index (κ1) is 12.2. The van der Waals surface area contributed by atoms with Crippen molar-refractivity contribution < 1.29 is 15.3 Å². The molecule has 0 spiro atoms. The van der Waals surface area contributed by atoms with Gasteiger partial charge in [-0.2, -0.15) is 0 Å². The third-order valence-electron chi connectivity index (χ3n) is 2.09. The Morgan fingerprint density at radius 1 is 1.40 bits per heavy atom. The maximum atomic E-state index is 9.69. The van der Waals surface area contributed by atoms with Crippen molar-refractivity contribution in [1.82, 2.24) is 4.98 Å². The zero-order chi connectivity index (χ0) is 11.4. The molecule has 0 amide bonds. The molecule has 1 heterocycles. The largest absolute Gasteiger partial charge is 0.506 e. The molecule has 0 fully saturated rings. The van der Waals surface area contributed by atoms with Gasteiger partial charge >= 0.3 is 0 Å². The van der Waals surface area contributed by atoms with Gasteiger partial charge in [-0.05, 0) is 25.5 Å². The zero-order valence-electron chi connectivity index (χ0n) is 8.39. The van der Waals surface area contributed by atoms with Gasteiger partial charge in [0.15, 0.2) is 0 Å². The quantitative estimate of drug-likeness (QED) is 0.679. The summed E-state index contributed by atoms with van der Waals surface area (Å²) in [5, 5.41) is 28.7. The summed E-state index contributed by atoms with van der Waals surface area (Å²) < 4.78 is 0. The number of aryl methyl sites for hydroxylation is 1. The van der Waals surface area contributed by atoms with Crippen molar-refractivity contribution in [3.05, 3.63) is 23.5 Å². The number of nitrogens with zero attached hydrogens (tertiary/aromatic N) is 1. The van der Waals surface area contributed by atoms with Gasteiger partial charge in [0.25, 0.3) is 0 Å². The number of aromatic nitrogens is 1. The molecule has 1 aromatic rings. The molecule has 0 aliphatic rings. The second-order valence-electron chi connectivity index (χ2n) is 3.35. The molecule has 0 saturated heterocycles. The summed E-state index contributed by atoms with van der Waals surface area (Å²) in [6.45, 7) is 1.74. The summed E-state index contributed by atoms with van der Waals surface area (Å²) in [5.74, 6) is 0.117. The van der Waals surface area contributed by atoms with Crippen LogP contribution in [-0.4, -0.2) is 32.3 Å². The van der Waals surface area contributed by atoms with E-state index in [0.29, 0.717) is 5.69 Å². The first-order valence-corrected chi connectivity index (χ1v) is 5.18. The van der Waals surface area contributed by atoms with Crippen LogP contribution in [0.25, 0.3) is 0 Å². The topological polar surface area (TPSA) is 73.6 Å². The van der Waals surface area contributed by atoms with E-state index in [1.54, 1.807) is 13.0 Å². The van der Waals surface area contributed by atoms with Crippen molar-refractivity contribution in [2.75, 3.05) is 5.88 Å². The van der Waals surface area contributed by atoms with Crippen LogP contribution in [0, 0.1) is 6.92 Å². The second-order valence-corrected chi connectivity index (χ2v) is 3.72. The minimum Gasteiger partial charge on any atom is -0.506 e. The molecule has 0 aromatic carbocycles. The van der Waals surface area contributed by atoms with Crippen LogP contribution in [0.15, 0.2) is 12.1 Å². The van der Waals surface area contributed by atoms with Gasteiger partial charge in [0, 0.05) is 11.6 Å². The van der Waals surface area contributed by atoms with Crippen LogP contribution in [0.1, 0.15) is 23.9 Å². The van der Waals surface area contributed by atoms with Crippen molar-refractivity contribution >= 4 is 11.6 Å². The number of aliphatic hydroxyl groups excluding tert-OH is 2. The van der Waals surface area contributed by atoms with Crippen LogP contribution in [0.2, 0.25) is 0 Å². The zero-order valence-corrected chi connectivity index (χ0v) is 9.15. The number of aromatic hydroxyl groups is 1. The molecule has 5 heteroatoms. The number of hydrogen-bond donors (Lipinski definition) is 3. The minimum atomic E-state index is -1.20. The number of aliphatic hydroxyl groups is 2. The normalized spacial score (nSPS) is 14.9. The lowest BCUT2D eigenvalue weighted by Crippen LogP contribution is -2.20. The monoisotopic (exact) mass is 231 g/mol. The Morgan fingerprint density at radius 2 is 2.07 bits per heavy atom. The number of hydrogen-bond acceptors (Lipinski definition) is 4. The molecule has 1 aromatic heterocycles. The van der Waals surface area contributed by atoms with E-state index in [0.717, 1.165) is 0 Å². The van der Waals surface area contributed by atoms with Crippen LogP contribution in [0.4, 0.5) is 0 Å². The molecular weight excluding hydrogens is 218 g/mol. The summed E-state index contributed by atoms with van der Waals surface area (Å²) >= 11 is 5.44. The number of alkyl halides is 1. The Morgan fingerprint density at radius 3 is 2.67 bits per heavy atom. The summed E-state index contributed by atoms with van der Waals surface area (Å²) in [6, 6.07) is 3.06. The van der Waals surface area contributed by atoms with E-state index in [9.17, 15) is 15.3 Å². The molecule has 0 radical (unpaired) electrons. The smallest absolute Gasteiger partial charge is 0.139 e. The van der Waals surface area contributed by atoms with Crippen molar-refractivity contribution in [2.24, 2.45) is 0 Å². The maximum absolute atomic E-state index is 9.69. The molecule has 4 nitrogen and oxygen atoms in total. The first-order chi connectivity index (χ1) is 7.06. The Labute approximate surface area is 93.2 Å². The average molecular weight is 232 g/mol. The van der Waals surface area contributed by atoms with Crippen LogP contribution in [0.3, 0.4) is 0 Å². The van der Waals surface area contributed by atoms with Crippen molar-refractivity contribution in [1.29, 1.82) is 0 Å². The Bertz CT molecular complexity index is 332. The molecular formula is C10H14ClNO3. The molecule has 84 valence electrons. The van der Waals surface area contributed by atoms with Crippen LogP contribution >= 0.6 is 11.6 Å². The highest BCUT2D eigenvalue weighted by Crippen LogP contribution is 2.25. The van der Waals surface area contributed by atoms with E-state index in [-0.39, 0.29) is 23.7 Å². The fraction of sp³-hybridized carbons (Fsp3) is 0.500. The fourth-order valence-corrected chi connectivity index (χ4v) is 1.46. The SMILES string of the molecule is Cc1ccc(O)c(C(O)C(O)CCCl)n1. The second kappa shape index (κ2) is 5.30. The number of pyridine rings is 1. The van der Waals surface area contributed by atoms with Gasteiger partial charge in [-0.15, -0.1) is 11.6 Å². The lowest BCUT2D eigenvalue weighted by molar-refractivity contribution is 0.0129. The minimum absolute atomic E-state index is 0.0904. The predicted octanol–water partition coefficient (Wildman–Crippen LogP) is 1.12. The number of halogens is 1. The third-order valence-corrected chi connectivity index (χ3v) is 2.31.